The highest BCUT2D eigenvalue weighted by Gasteiger charge is 2.56. The van der Waals surface area contributed by atoms with Gasteiger partial charge in [0.05, 0.1) is 28.9 Å². The van der Waals surface area contributed by atoms with Crippen LogP contribution in [0.15, 0.2) is 66.7 Å². The summed E-state index contributed by atoms with van der Waals surface area (Å²) in [6.07, 6.45) is 0.835. The van der Waals surface area contributed by atoms with E-state index in [1.807, 2.05) is 0 Å². The van der Waals surface area contributed by atoms with Crippen LogP contribution in [0.25, 0.3) is 10.9 Å². The molecule has 0 bridgehead atoms. The van der Waals surface area contributed by atoms with Crippen molar-refractivity contribution in [2.24, 2.45) is 5.41 Å². The Hall–Kier alpha value is -4.50. The number of ether oxygens (including phenoxy) is 2. The van der Waals surface area contributed by atoms with Gasteiger partial charge in [-0.05, 0) is 80.4 Å². The number of pyridine rings is 1. The molecule has 0 aliphatic heterocycles. The summed E-state index contributed by atoms with van der Waals surface area (Å²) < 4.78 is 23.9. The zero-order chi connectivity index (χ0) is 27.7. The SMILES string of the molecule is COC(=O)c1ccc2c(Cl)c(Oc3ccc(NC(=O)C4(C(=O)Nc5ccc(F)cc5)CC4)cc3)c(C)nc2c1. The Balaban J connectivity index is 1.27. The summed E-state index contributed by atoms with van der Waals surface area (Å²) in [7, 11) is 1.31. The molecule has 2 amide bonds. The fourth-order valence-electron chi connectivity index (χ4n) is 4.13. The largest absolute Gasteiger partial charge is 0.465 e. The second-order valence-electron chi connectivity index (χ2n) is 9.19. The molecule has 0 spiro atoms. The number of carbonyl (C=O) groups is 3. The van der Waals surface area contributed by atoms with E-state index in [4.69, 9.17) is 21.1 Å². The number of carbonyl (C=O) groups excluding carboxylic acids is 3. The van der Waals surface area contributed by atoms with E-state index in [1.54, 1.807) is 49.4 Å². The molecule has 8 nitrogen and oxygen atoms in total. The zero-order valence-corrected chi connectivity index (χ0v) is 21.8. The predicted octanol–water partition coefficient (Wildman–Crippen LogP) is 6.27. The number of halogens is 2. The van der Waals surface area contributed by atoms with Crippen LogP contribution in [-0.2, 0) is 14.3 Å². The minimum absolute atomic E-state index is 0.342. The molecular weight excluding hydrogens is 525 g/mol. The number of aryl methyl sites for hydroxylation is 1. The van der Waals surface area contributed by atoms with Gasteiger partial charge in [-0.2, -0.15) is 0 Å². The van der Waals surface area contributed by atoms with Crippen molar-refractivity contribution in [2.45, 2.75) is 19.8 Å². The van der Waals surface area contributed by atoms with Gasteiger partial charge in [-0.25, -0.2) is 14.2 Å². The van der Waals surface area contributed by atoms with Crippen molar-refractivity contribution in [3.05, 3.63) is 88.8 Å². The molecule has 198 valence electrons. The second-order valence-corrected chi connectivity index (χ2v) is 9.57. The van der Waals surface area contributed by atoms with Gasteiger partial charge in [0.25, 0.3) is 0 Å². The molecule has 1 saturated carbocycles. The normalized spacial score (nSPS) is 13.4. The maximum Gasteiger partial charge on any atom is 0.337 e. The Labute approximate surface area is 228 Å². The first kappa shape index (κ1) is 26.1. The molecule has 1 heterocycles. The number of fused-ring (bicyclic) bond motifs is 1. The summed E-state index contributed by atoms with van der Waals surface area (Å²) in [5.41, 5.74) is 1.16. The first-order valence-corrected chi connectivity index (χ1v) is 12.4. The highest BCUT2D eigenvalue weighted by Crippen LogP contribution is 2.47. The summed E-state index contributed by atoms with van der Waals surface area (Å²) in [5.74, 6) is -0.912. The minimum Gasteiger partial charge on any atom is -0.465 e. The third-order valence-corrected chi connectivity index (χ3v) is 6.90. The highest BCUT2D eigenvalue weighted by molar-refractivity contribution is 6.37. The summed E-state index contributed by atoms with van der Waals surface area (Å²) in [4.78, 5) is 42.1. The number of anilines is 2. The van der Waals surface area contributed by atoms with E-state index in [0.29, 0.717) is 62.9 Å². The maximum atomic E-state index is 13.1. The van der Waals surface area contributed by atoms with E-state index in [9.17, 15) is 18.8 Å². The summed E-state index contributed by atoms with van der Waals surface area (Å²) in [6.45, 7) is 1.74. The van der Waals surface area contributed by atoms with Crippen LogP contribution >= 0.6 is 11.6 Å². The Morgan fingerprint density at radius 3 is 2.08 bits per heavy atom. The molecule has 4 aromatic rings. The summed E-state index contributed by atoms with van der Waals surface area (Å²) in [6, 6.07) is 16.9. The number of aromatic nitrogens is 1. The van der Waals surface area contributed by atoms with Crippen molar-refractivity contribution in [1.82, 2.24) is 4.98 Å². The van der Waals surface area contributed by atoms with Crippen molar-refractivity contribution in [1.29, 1.82) is 0 Å². The van der Waals surface area contributed by atoms with Crippen LogP contribution < -0.4 is 15.4 Å². The molecule has 39 heavy (non-hydrogen) atoms. The molecular formula is C29H23ClFN3O5. The van der Waals surface area contributed by atoms with Gasteiger partial charge in [-0.1, -0.05) is 17.7 Å². The van der Waals surface area contributed by atoms with Crippen molar-refractivity contribution in [3.8, 4) is 11.5 Å². The van der Waals surface area contributed by atoms with Crippen LogP contribution in [0, 0.1) is 18.2 Å². The molecule has 5 rings (SSSR count). The molecule has 0 radical (unpaired) electrons. The van der Waals surface area contributed by atoms with Crippen LogP contribution in [0.5, 0.6) is 11.5 Å². The number of esters is 1. The molecule has 10 heteroatoms. The van der Waals surface area contributed by atoms with Gasteiger partial charge in [0.1, 0.15) is 17.0 Å². The van der Waals surface area contributed by atoms with Crippen LogP contribution in [0.1, 0.15) is 28.9 Å². The van der Waals surface area contributed by atoms with Gasteiger partial charge in [-0.3, -0.25) is 9.59 Å². The van der Waals surface area contributed by atoms with Crippen LogP contribution in [0.2, 0.25) is 5.02 Å². The Kier molecular flexibility index (Phi) is 6.93. The third-order valence-electron chi connectivity index (χ3n) is 6.52. The van der Waals surface area contributed by atoms with E-state index in [0.717, 1.165) is 0 Å². The topological polar surface area (TPSA) is 107 Å². The van der Waals surface area contributed by atoms with Gasteiger partial charge < -0.3 is 20.1 Å². The zero-order valence-electron chi connectivity index (χ0n) is 21.0. The number of benzene rings is 3. The molecule has 0 saturated heterocycles. The molecule has 0 atom stereocenters. The first-order valence-electron chi connectivity index (χ1n) is 12.0. The van der Waals surface area contributed by atoms with Crippen LogP contribution in [0.4, 0.5) is 15.8 Å². The molecule has 1 fully saturated rings. The molecule has 1 aromatic heterocycles. The van der Waals surface area contributed by atoms with Gasteiger partial charge in [-0.15, -0.1) is 0 Å². The van der Waals surface area contributed by atoms with Crippen LogP contribution in [-0.4, -0.2) is 29.9 Å². The lowest BCUT2D eigenvalue weighted by Crippen LogP contribution is -2.35. The quantitative estimate of drug-likeness (QED) is 0.208. The van der Waals surface area contributed by atoms with Crippen molar-refractivity contribution in [2.75, 3.05) is 17.7 Å². The smallest absolute Gasteiger partial charge is 0.337 e. The number of nitrogens with zero attached hydrogens (tertiary/aromatic N) is 1. The van der Waals surface area contributed by atoms with E-state index in [1.165, 1.54) is 31.4 Å². The van der Waals surface area contributed by atoms with E-state index in [-0.39, 0.29) is 0 Å². The molecule has 2 N–H and O–H groups in total. The fraction of sp³-hybridized carbons (Fsp3) is 0.172. The number of nitrogens with one attached hydrogen (secondary N) is 2. The highest BCUT2D eigenvalue weighted by atomic mass is 35.5. The fourth-order valence-corrected chi connectivity index (χ4v) is 4.46. The first-order chi connectivity index (χ1) is 18.7. The number of hydrogen-bond donors (Lipinski definition) is 2. The number of methoxy groups -OCH3 is 1. The van der Waals surface area contributed by atoms with Gasteiger partial charge in [0, 0.05) is 16.8 Å². The van der Waals surface area contributed by atoms with E-state index < -0.39 is 29.0 Å². The van der Waals surface area contributed by atoms with Gasteiger partial charge >= 0.3 is 5.97 Å². The van der Waals surface area contributed by atoms with Crippen molar-refractivity contribution in [3.63, 3.8) is 0 Å². The Bertz CT molecular complexity index is 1600. The standard InChI is InChI=1S/C29H23ClFN3O5/c1-16-25(24(30)22-12-3-17(26(35)38-2)15-23(22)32-16)39-21-10-8-20(9-11-21)34-28(37)29(13-14-29)27(36)33-19-6-4-18(31)5-7-19/h3-12,15H,13-14H2,1-2H3,(H,33,36)(H,34,37). The van der Waals surface area contributed by atoms with Gasteiger partial charge in [0.15, 0.2) is 5.75 Å². The van der Waals surface area contributed by atoms with Crippen molar-refractivity contribution < 1.29 is 28.2 Å². The molecule has 3 aromatic carbocycles. The molecule has 1 aliphatic rings. The minimum atomic E-state index is -1.17. The van der Waals surface area contributed by atoms with E-state index >= 15 is 0 Å². The van der Waals surface area contributed by atoms with Crippen LogP contribution in [0.3, 0.4) is 0 Å². The number of hydrogen-bond acceptors (Lipinski definition) is 6. The molecule has 1 aliphatic carbocycles. The van der Waals surface area contributed by atoms with Gasteiger partial charge in [0.2, 0.25) is 11.8 Å². The van der Waals surface area contributed by atoms with E-state index in [2.05, 4.69) is 15.6 Å². The lowest BCUT2D eigenvalue weighted by molar-refractivity contribution is -0.131. The lowest BCUT2D eigenvalue weighted by atomic mass is 10.0. The monoisotopic (exact) mass is 547 g/mol. The number of amides is 2. The predicted molar refractivity (Wildman–Crippen MR) is 145 cm³/mol. The van der Waals surface area contributed by atoms with Crippen molar-refractivity contribution >= 4 is 51.7 Å². The summed E-state index contributed by atoms with van der Waals surface area (Å²) in [5, 5.41) is 6.42. The maximum absolute atomic E-state index is 13.1. The average Bonchev–Trinajstić information content (AvgIpc) is 3.75. The second kappa shape index (κ2) is 10.3. The third kappa shape index (κ3) is 5.26. The Morgan fingerprint density at radius 2 is 1.51 bits per heavy atom. The average molecular weight is 548 g/mol. The summed E-state index contributed by atoms with van der Waals surface area (Å²) >= 11 is 6.62. The Morgan fingerprint density at radius 1 is 0.923 bits per heavy atom. The number of rotatable bonds is 7. The lowest BCUT2D eigenvalue weighted by Gasteiger charge is -2.16. The molecule has 0 unspecified atom stereocenters.